The first-order valence-corrected chi connectivity index (χ1v) is 11.7. The number of ether oxygens (including phenoxy) is 3. The summed E-state index contributed by atoms with van der Waals surface area (Å²) < 4.78 is 16.9. The first-order valence-electron chi connectivity index (χ1n) is 11.7. The molecular formula is C29H28N2O4. The summed E-state index contributed by atoms with van der Waals surface area (Å²) in [5.74, 6) is -0.900. The van der Waals surface area contributed by atoms with Crippen molar-refractivity contribution in [2.45, 2.75) is 24.7 Å². The minimum Gasteiger partial charge on any atom is -0.462 e. The highest BCUT2D eigenvalue weighted by molar-refractivity contribution is 5.87. The Hall–Kier alpha value is -3.87. The normalized spacial score (nSPS) is 21.1. The van der Waals surface area contributed by atoms with E-state index in [-0.39, 0.29) is 12.1 Å². The van der Waals surface area contributed by atoms with Gasteiger partial charge in [-0.05, 0) is 71.2 Å². The number of carbonyl (C=O) groups excluding carboxylic acids is 1. The zero-order valence-electron chi connectivity index (χ0n) is 19.4. The lowest BCUT2D eigenvalue weighted by atomic mass is 10.1. The van der Waals surface area contributed by atoms with Gasteiger partial charge in [0, 0.05) is 29.4 Å². The molecule has 1 saturated heterocycles. The fourth-order valence-electron chi connectivity index (χ4n) is 3.97. The lowest BCUT2D eigenvalue weighted by Crippen LogP contribution is -2.09. The average Bonchev–Trinajstić information content (AvgIpc) is 3.74. The Labute approximate surface area is 204 Å². The Morgan fingerprint density at radius 3 is 2.17 bits per heavy atom. The van der Waals surface area contributed by atoms with E-state index in [1.54, 1.807) is 6.08 Å². The Morgan fingerprint density at radius 1 is 0.886 bits per heavy atom. The van der Waals surface area contributed by atoms with Gasteiger partial charge in [0.25, 0.3) is 0 Å². The highest BCUT2D eigenvalue weighted by Gasteiger charge is 2.80. The largest absolute Gasteiger partial charge is 0.462 e. The number of anilines is 2. The fourth-order valence-corrected chi connectivity index (χ4v) is 3.97. The van der Waals surface area contributed by atoms with Gasteiger partial charge >= 0.3 is 5.97 Å². The monoisotopic (exact) mass is 468 g/mol. The maximum atomic E-state index is 12.1. The molecule has 1 saturated carbocycles. The summed E-state index contributed by atoms with van der Waals surface area (Å²) in [4.78, 5) is 12.1. The van der Waals surface area contributed by atoms with Crippen LogP contribution < -0.4 is 11.5 Å². The van der Waals surface area contributed by atoms with E-state index in [0.29, 0.717) is 19.6 Å². The minimum atomic E-state index is -0.534. The minimum absolute atomic E-state index is 0.0594. The quantitative estimate of drug-likeness (QED) is 0.198. The topological polar surface area (TPSA) is 100 Å². The molecule has 0 bridgehead atoms. The Morgan fingerprint density at radius 2 is 1.51 bits per heavy atom. The van der Waals surface area contributed by atoms with Gasteiger partial charge in [-0.1, -0.05) is 42.5 Å². The Bertz CT molecular complexity index is 1260. The standard InChI is InChI=1S/C29H28N2O4/c30-24-9-4-20(5-10-24)14-16-33-27(32)13-8-22-2-1-3-23(18-22)19-26-28-29(26,35-28)34-17-15-21-6-11-25(31)12-7-21/h1-13,18-19,28H,14-17,30-31H2/b13-8+,26-19+. The second-order valence-electron chi connectivity index (χ2n) is 8.77. The molecule has 2 fully saturated rings. The molecular weight excluding hydrogens is 440 g/mol. The molecule has 35 heavy (non-hydrogen) atoms. The second kappa shape index (κ2) is 9.78. The van der Waals surface area contributed by atoms with Crippen molar-refractivity contribution in [3.8, 4) is 0 Å². The lowest BCUT2D eigenvalue weighted by molar-refractivity contribution is -0.137. The molecule has 5 rings (SSSR count). The van der Waals surface area contributed by atoms with E-state index < -0.39 is 5.79 Å². The number of hydrogen-bond donors (Lipinski definition) is 2. The highest BCUT2D eigenvalue weighted by Crippen LogP contribution is 2.66. The number of fused-ring (bicyclic) bond motifs is 1. The van der Waals surface area contributed by atoms with E-state index in [9.17, 15) is 4.79 Å². The first kappa shape index (κ1) is 22.9. The molecule has 1 aliphatic carbocycles. The second-order valence-corrected chi connectivity index (χ2v) is 8.77. The van der Waals surface area contributed by atoms with E-state index in [0.717, 1.165) is 40.1 Å². The Kier molecular flexibility index (Phi) is 6.40. The molecule has 0 spiro atoms. The van der Waals surface area contributed by atoms with E-state index in [1.807, 2.05) is 72.8 Å². The predicted molar refractivity (Wildman–Crippen MR) is 137 cm³/mol. The fraction of sp³-hybridized carbons (Fsp3) is 0.207. The van der Waals surface area contributed by atoms with E-state index >= 15 is 0 Å². The third-order valence-corrected chi connectivity index (χ3v) is 6.13. The number of carbonyl (C=O) groups is 1. The summed E-state index contributed by atoms with van der Waals surface area (Å²) in [7, 11) is 0. The van der Waals surface area contributed by atoms with Crippen LogP contribution in [0.4, 0.5) is 11.4 Å². The maximum Gasteiger partial charge on any atom is 0.330 e. The van der Waals surface area contributed by atoms with Crippen molar-refractivity contribution in [1.29, 1.82) is 0 Å². The molecule has 3 aromatic rings. The molecule has 6 heteroatoms. The van der Waals surface area contributed by atoms with Crippen LogP contribution in [0.3, 0.4) is 0 Å². The smallest absolute Gasteiger partial charge is 0.330 e. The summed E-state index contributed by atoms with van der Waals surface area (Å²) in [5.41, 5.74) is 18.3. The average molecular weight is 469 g/mol. The number of hydrogen-bond acceptors (Lipinski definition) is 6. The molecule has 1 heterocycles. The van der Waals surface area contributed by atoms with Crippen LogP contribution in [0, 0.1) is 0 Å². The van der Waals surface area contributed by atoms with Crippen molar-refractivity contribution in [1.82, 2.24) is 0 Å². The van der Waals surface area contributed by atoms with Crippen molar-refractivity contribution in [3.63, 3.8) is 0 Å². The molecule has 2 atom stereocenters. The van der Waals surface area contributed by atoms with Gasteiger partial charge in [-0.3, -0.25) is 0 Å². The van der Waals surface area contributed by atoms with E-state index in [1.165, 1.54) is 11.6 Å². The van der Waals surface area contributed by atoms with Gasteiger partial charge in [-0.25, -0.2) is 4.79 Å². The van der Waals surface area contributed by atoms with Crippen molar-refractivity contribution in [3.05, 3.63) is 107 Å². The van der Waals surface area contributed by atoms with Crippen LogP contribution in [-0.2, 0) is 31.8 Å². The summed E-state index contributed by atoms with van der Waals surface area (Å²) in [6.07, 6.45) is 6.83. The van der Waals surface area contributed by atoms with E-state index in [4.69, 9.17) is 25.7 Å². The van der Waals surface area contributed by atoms with Crippen LogP contribution >= 0.6 is 0 Å². The van der Waals surface area contributed by atoms with Crippen molar-refractivity contribution in [2.75, 3.05) is 24.7 Å². The van der Waals surface area contributed by atoms with Gasteiger partial charge in [-0.2, -0.15) is 0 Å². The Balaban J connectivity index is 1.09. The van der Waals surface area contributed by atoms with Crippen LogP contribution in [0.15, 0.2) is 84.4 Å². The summed E-state index contributed by atoms with van der Waals surface area (Å²) in [6, 6.07) is 23.3. The third kappa shape index (κ3) is 5.62. The summed E-state index contributed by atoms with van der Waals surface area (Å²) >= 11 is 0. The molecule has 3 aromatic carbocycles. The number of rotatable bonds is 10. The van der Waals surface area contributed by atoms with Gasteiger partial charge in [0.2, 0.25) is 5.79 Å². The van der Waals surface area contributed by atoms with Crippen LogP contribution in [0.5, 0.6) is 0 Å². The third-order valence-electron chi connectivity index (χ3n) is 6.13. The summed E-state index contributed by atoms with van der Waals surface area (Å²) in [6.45, 7) is 0.905. The van der Waals surface area contributed by atoms with Crippen LogP contribution in [0.25, 0.3) is 12.2 Å². The molecule has 4 N–H and O–H groups in total. The zero-order chi connectivity index (χ0) is 24.3. The first-order chi connectivity index (χ1) is 17.0. The molecule has 0 radical (unpaired) electrons. The number of nitrogens with two attached hydrogens (primary N) is 2. The van der Waals surface area contributed by atoms with Crippen molar-refractivity contribution in [2.24, 2.45) is 0 Å². The van der Waals surface area contributed by atoms with Crippen LogP contribution in [0.1, 0.15) is 22.3 Å². The SMILES string of the molecule is Nc1ccc(CCOC(=O)/C=C/c2cccc(/C=C3\C4OC34OCCc3ccc(N)cc3)c2)cc1. The zero-order valence-corrected chi connectivity index (χ0v) is 19.4. The molecule has 178 valence electrons. The summed E-state index contributed by atoms with van der Waals surface area (Å²) in [5, 5.41) is 0. The lowest BCUT2D eigenvalue weighted by Gasteiger charge is -2.07. The number of nitrogen functional groups attached to an aromatic ring is 2. The van der Waals surface area contributed by atoms with Crippen LogP contribution in [0.2, 0.25) is 0 Å². The molecule has 0 aromatic heterocycles. The van der Waals surface area contributed by atoms with Gasteiger partial charge < -0.3 is 25.7 Å². The molecule has 2 unspecified atom stereocenters. The molecule has 0 amide bonds. The number of benzene rings is 3. The highest BCUT2D eigenvalue weighted by atomic mass is 16.8. The van der Waals surface area contributed by atoms with Gasteiger partial charge in [0.05, 0.1) is 13.2 Å². The molecule has 6 nitrogen and oxygen atoms in total. The molecule has 2 aliphatic rings. The predicted octanol–water partition coefficient (Wildman–Crippen LogP) is 4.40. The molecule has 1 aliphatic heterocycles. The van der Waals surface area contributed by atoms with Crippen LogP contribution in [-0.4, -0.2) is 31.1 Å². The number of epoxide rings is 1. The van der Waals surface area contributed by atoms with Gasteiger partial charge in [0.15, 0.2) is 0 Å². The number of esters is 1. The van der Waals surface area contributed by atoms with Gasteiger partial charge in [0.1, 0.15) is 6.10 Å². The van der Waals surface area contributed by atoms with E-state index in [2.05, 4.69) is 6.08 Å². The van der Waals surface area contributed by atoms with Gasteiger partial charge in [-0.15, -0.1) is 0 Å². The van der Waals surface area contributed by atoms with Crippen molar-refractivity contribution >= 4 is 29.5 Å². The maximum absolute atomic E-state index is 12.1. The van der Waals surface area contributed by atoms with Crippen molar-refractivity contribution < 1.29 is 19.0 Å².